The van der Waals surface area contributed by atoms with E-state index in [1.807, 2.05) is 19.1 Å². The minimum absolute atomic E-state index is 0.602. The molecule has 0 amide bonds. The van der Waals surface area contributed by atoms with Gasteiger partial charge in [0.2, 0.25) is 5.88 Å². The molecule has 0 aliphatic rings. The van der Waals surface area contributed by atoms with Crippen molar-refractivity contribution < 1.29 is 4.74 Å². The summed E-state index contributed by atoms with van der Waals surface area (Å²) in [6.07, 6.45) is 0. The second kappa shape index (κ2) is 4.12. The molecular formula is C9H10ClNO. The average molecular weight is 184 g/mol. The number of ether oxygens (including phenoxy) is 1. The highest BCUT2D eigenvalue weighted by Crippen LogP contribution is 2.15. The molecule has 0 aliphatic heterocycles. The molecule has 1 rings (SSSR count). The van der Waals surface area contributed by atoms with Gasteiger partial charge in [-0.2, -0.15) is 0 Å². The van der Waals surface area contributed by atoms with Crippen LogP contribution in [0.15, 0.2) is 23.7 Å². The molecule has 0 fully saturated rings. The van der Waals surface area contributed by atoms with Crippen molar-refractivity contribution in [1.29, 1.82) is 0 Å². The SMILES string of the molecule is COc1cccc(/C(C)=C/Cl)n1. The van der Waals surface area contributed by atoms with Crippen LogP contribution in [0.5, 0.6) is 5.88 Å². The van der Waals surface area contributed by atoms with E-state index in [0.29, 0.717) is 5.88 Å². The van der Waals surface area contributed by atoms with Gasteiger partial charge in [-0.3, -0.25) is 0 Å². The van der Waals surface area contributed by atoms with E-state index in [4.69, 9.17) is 16.3 Å². The van der Waals surface area contributed by atoms with Gasteiger partial charge in [-0.25, -0.2) is 4.98 Å². The Morgan fingerprint density at radius 1 is 1.58 bits per heavy atom. The molecule has 1 heterocycles. The third-order valence-electron chi connectivity index (χ3n) is 1.50. The van der Waals surface area contributed by atoms with Crippen molar-refractivity contribution in [3.63, 3.8) is 0 Å². The third-order valence-corrected chi connectivity index (χ3v) is 1.83. The van der Waals surface area contributed by atoms with Gasteiger partial charge >= 0.3 is 0 Å². The Morgan fingerprint density at radius 2 is 2.33 bits per heavy atom. The number of hydrogen-bond donors (Lipinski definition) is 0. The number of pyridine rings is 1. The van der Waals surface area contributed by atoms with Crippen LogP contribution in [-0.4, -0.2) is 12.1 Å². The van der Waals surface area contributed by atoms with Gasteiger partial charge in [0.1, 0.15) is 0 Å². The predicted octanol–water partition coefficient (Wildman–Crippen LogP) is 2.69. The number of methoxy groups -OCH3 is 1. The third kappa shape index (κ3) is 1.98. The minimum Gasteiger partial charge on any atom is -0.481 e. The molecule has 0 saturated carbocycles. The smallest absolute Gasteiger partial charge is 0.213 e. The van der Waals surface area contributed by atoms with Crippen molar-refractivity contribution in [3.8, 4) is 5.88 Å². The maximum atomic E-state index is 5.54. The molecule has 1 aromatic rings. The molecule has 0 aliphatic carbocycles. The number of rotatable bonds is 2. The van der Waals surface area contributed by atoms with Crippen molar-refractivity contribution in [1.82, 2.24) is 4.98 Å². The summed E-state index contributed by atoms with van der Waals surface area (Å²) in [6.45, 7) is 1.90. The average Bonchev–Trinajstić information content (AvgIpc) is 2.17. The monoisotopic (exact) mass is 183 g/mol. The van der Waals surface area contributed by atoms with Crippen LogP contribution in [0.2, 0.25) is 0 Å². The molecule has 0 aromatic carbocycles. The standard InChI is InChI=1S/C9H10ClNO/c1-7(6-10)8-4-3-5-9(11-8)12-2/h3-6H,1-2H3/b7-6+. The van der Waals surface area contributed by atoms with Crippen LogP contribution in [0, 0.1) is 0 Å². The molecule has 3 heteroatoms. The zero-order chi connectivity index (χ0) is 8.97. The fourth-order valence-electron chi connectivity index (χ4n) is 0.804. The van der Waals surface area contributed by atoms with Gasteiger partial charge < -0.3 is 4.74 Å². The second-order valence-corrected chi connectivity index (χ2v) is 2.58. The highest BCUT2D eigenvalue weighted by molar-refractivity contribution is 6.28. The van der Waals surface area contributed by atoms with E-state index in [1.54, 1.807) is 13.2 Å². The van der Waals surface area contributed by atoms with Gasteiger partial charge in [-0.15, -0.1) is 0 Å². The Labute approximate surface area is 76.8 Å². The van der Waals surface area contributed by atoms with Gasteiger partial charge in [0, 0.05) is 11.6 Å². The first-order valence-electron chi connectivity index (χ1n) is 3.56. The van der Waals surface area contributed by atoms with E-state index >= 15 is 0 Å². The maximum absolute atomic E-state index is 5.54. The van der Waals surface area contributed by atoms with Crippen LogP contribution >= 0.6 is 11.6 Å². The lowest BCUT2D eigenvalue weighted by atomic mass is 10.2. The first-order chi connectivity index (χ1) is 5.77. The molecule has 64 valence electrons. The van der Waals surface area contributed by atoms with Gasteiger partial charge in [0.15, 0.2) is 0 Å². The van der Waals surface area contributed by atoms with Crippen molar-refractivity contribution in [2.45, 2.75) is 6.92 Å². The molecule has 1 aromatic heterocycles. The second-order valence-electron chi connectivity index (χ2n) is 2.36. The van der Waals surface area contributed by atoms with E-state index in [1.165, 1.54) is 5.54 Å². The van der Waals surface area contributed by atoms with Crippen LogP contribution in [-0.2, 0) is 0 Å². The molecule has 0 atom stereocenters. The maximum Gasteiger partial charge on any atom is 0.213 e. The normalized spacial score (nSPS) is 11.4. The lowest BCUT2D eigenvalue weighted by Crippen LogP contribution is -1.90. The Kier molecular flexibility index (Phi) is 3.11. The molecule has 0 N–H and O–H groups in total. The van der Waals surface area contributed by atoms with Gasteiger partial charge in [0.05, 0.1) is 12.8 Å². The topological polar surface area (TPSA) is 22.1 Å². The number of halogens is 1. The zero-order valence-electron chi connectivity index (χ0n) is 7.04. The number of aromatic nitrogens is 1. The summed E-state index contributed by atoms with van der Waals surface area (Å²) in [4.78, 5) is 4.19. The Bertz CT molecular complexity index is 296. The molecule has 2 nitrogen and oxygen atoms in total. The van der Waals surface area contributed by atoms with Crippen molar-refractivity contribution in [2.24, 2.45) is 0 Å². The lowest BCUT2D eigenvalue weighted by Gasteiger charge is -2.01. The molecule has 0 saturated heterocycles. The van der Waals surface area contributed by atoms with E-state index in [-0.39, 0.29) is 0 Å². The van der Waals surface area contributed by atoms with Crippen molar-refractivity contribution in [2.75, 3.05) is 7.11 Å². The molecule has 0 radical (unpaired) electrons. The molecule has 12 heavy (non-hydrogen) atoms. The van der Waals surface area contributed by atoms with Crippen LogP contribution in [0.3, 0.4) is 0 Å². The van der Waals surface area contributed by atoms with Crippen LogP contribution in [0.25, 0.3) is 5.57 Å². The van der Waals surface area contributed by atoms with Crippen molar-refractivity contribution >= 4 is 17.2 Å². The lowest BCUT2D eigenvalue weighted by molar-refractivity contribution is 0.397. The fourth-order valence-corrected chi connectivity index (χ4v) is 0.916. The van der Waals surface area contributed by atoms with Crippen molar-refractivity contribution in [3.05, 3.63) is 29.4 Å². The largest absolute Gasteiger partial charge is 0.481 e. The summed E-state index contributed by atoms with van der Waals surface area (Å²) in [7, 11) is 1.59. The Balaban J connectivity index is 3.02. The first kappa shape index (κ1) is 9.07. The Hall–Kier alpha value is -1.02. The number of nitrogens with zero attached hydrogens (tertiary/aromatic N) is 1. The first-order valence-corrected chi connectivity index (χ1v) is 4.00. The zero-order valence-corrected chi connectivity index (χ0v) is 7.80. The van der Waals surface area contributed by atoms with Gasteiger partial charge in [-0.1, -0.05) is 17.7 Å². The molecular weight excluding hydrogens is 174 g/mol. The molecule has 0 bridgehead atoms. The van der Waals surface area contributed by atoms with E-state index in [9.17, 15) is 0 Å². The Morgan fingerprint density at radius 3 is 2.92 bits per heavy atom. The van der Waals surface area contributed by atoms with Crippen LogP contribution < -0.4 is 4.74 Å². The highest BCUT2D eigenvalue weighted by Gasteiger charge is 1.97. The minimum atomic E-state index is 0.602. The van der Waals surface area contributed by atoms with Crippen LogP contribution in [0.4, 0.5) is 0 Å². The van der Waals surface area contributed by atoms with E-state index < -0.39 is 0 Å². The molecule has 0 spiro atoms. The summed E-state index contributed by atoms with van der Waals surface area (Å²) < 4.78 is 4.97. The summed E-state index contributed by atoms with van der Waals surface area (Å²) in [5.74, 6) is 0.602. The van der Waals surface area contributed by atoms with Gasteiger partial charge in [0.25, 0.3) is 0 Å². The fraction of sp³-hybridized carbons (Fsp3) is 0.222. The summed E-state index contributed by atoms with van der Waals surface area (Å²) in [5, 5.41) is 0. The van der Waals surface area contributed by atoms with Crippen LogP contribution in [0.1, 0.15) is 12.6 Å². The summed E-state index contributed by atoms with van der Waals surface area (Å²) >= 11 is 5.54. The predicted molar refractivity (Wildman–Crippen MR) is 50.3 cm³/mol. The van der Waals surface area contributed by atoms with Gasteiger partial charge in [-0.05, 0) is 18.6 Å². The number of hydrogen-bond acceptors (Lipinski definition) is 2. The quantitative estimate of drug-likeness (QED) is 0.704. The van der Waals surface area contributed by atoms with E-state index in [0.717, 1.165) is 11.3 Å². The molecule has 0 unspecified atom stereocenters. The number of allylic oxidation sites excluding steroid dienone is 1. The highest BCUT2D eigenvalue weighted by atomic mass is 35.5. The summed E-state index contributed by atoms with van der Waals surface area (Å²) in [6, 6.07) is 5.56. The summed E-state index contributed by atoms with van der Waals surface area (Å²) in [5.41, 5.74) is 3.27. The van der Waals surface area contributed by atoms with E-state index in [2.05, 4.69) is 4.98 Å².